The molecule has 92 valence electrons. The van der Waals surface area contributed by atoms with Crippen LogP contribution in [0.15, 0.2) is 28.4 Å². The largest absolute Gasteiger partial charge is 0.481 e. The van der Waals surface area contributed by atoms with Crippen LogP contribution in [-0.4, -0.2) is 11.1 Å². The van der Waals surface area contributed by atoms with Gasteiger partial charge >= 0.3 is 5.97 Å². The first kappa shape index (κ1) is 12.0. The molecule has 1 aliphatic rings. The van der Waals surface area contributed by atoms with Crippen LogP contribution in [0.3, 0.4) is 0 Å². The summed E-state index contributed by atoms with van der Waals surface area (Å²) in [6.07, 6.45) is 8.08. The van der Waals surface area contributed by atoms with Gasteiger partial charge in [-0.15, -0.1) is 0 Å². The number of hydrogen-bond acceptors (Lipinski definition) is 2. The number of hydrogen-bond donors (Lipinski definition) is 1. The predicted octanol–water partition coefficient (Wildman–Crippen LogP) is 3.72. The van der Waals surface area contributed by atoms with Gasteiger partial charge in [0.05, 0.1) is 11.7 Å². The SMILES string of the molecule is C/C(=C\c1ccco1)C1(C(=O)O)CCCCC1. The van der Waals surface area contributed by atoms with E-state index in [1.54, 1.807) is 6.26 Å². The van der Waals surface area contributed by atoms with Gasteiger partial charge in [0.2, 0.25) is 0 Å². The van der Waals surface area contributed by atoms with Crippen LogP contribution in [0.2, 0.25) is 0 Å². The molecule has 1 N–H and O–H groups in total. The molecule has 0 unspecified atom stereocenters. The van der Waals surface area contributed by atoms with Gasteiger partial charge in [-0.1, -0.05) is 24.8 Å². The number of carboxylic acids is 1. The average Bonchev–Trinajstić information content (AvgIpc) is 2.82. The number of rotatable bonds is 3. The molecule has 0 aromatic carbocycles. The molecule has 3 nitrogen and oxygen atoms in total. The summed E-state index contributed by atoms with van der Waals surface area (Å²) in [5, 5.41) is 9.52. The average molecular weight is 234 g/mol. The minimum Gasteiger partial charge on any atom is -0.481 e. The van der Waals surface area contributed by atoms with Crippen LogP contribution in [0, 0.1) is 5.41 Å². The molecule has 1 aromatic heterocycles. The molecule has 1 fully saturated rings. The lowest BCUT2D eigenvalue weighted by Gasteiger charge is -2.34. The van der Waals surface area contributed by atoms with Gasteiger partial charge < -0.3 is 9.52 Å². The zero-order valence-electron chi connectivity index (χ0n) is 10.1. The first-order chi connectivity index (χ1) is 8.15. The zero-order chi connectivity index (χ0) is 12.3. The molecule has 0 spiro atoms. The Labute approximate surface area is 101 Å². The minimum absolute atomic E-state index is 0.676. The van der Waals surface area contributed by atoms with Crippen molar-refractivity contribution >= 4 is 12.0 Å². The van der Waals surface area contributed by atoms with Crippen molar-refractivity contribution in [3.05, 3.63) is 29.7 Å². The summed E-state index contributed by atoms with van der Waals surface area (Å²) in [7, 11) is 0. The first-order valence-corrected chi connectivity index (χ1v) is 6.11. The van der Waals surface area contributed by atoms with Crippen molar-refractivity contribution in [2.24, 2.45) is 5.41 Å². The molecule has 1 heterocycles. The lowest BCUT2D eigenvalue weighted by atomic mass is 9.69. The molecule has 0 aliphatic heterocycles. The van der Waals surface area contributed by atoms with Crippen molar-refractivity contribution < 1.29 is 14.3 Å². The molecule has 0 amide bonds. The quantitative estimate of drug-likeness (QED) is 0.867. The highest BCUT2D eigenvalue weighted by Gasteiger charge is 2.41. The lowest BCUT2D eigenvalue weighted by Crippen LogP contribution is -2.34. The van der Waals surface area contributed by atoms with E-state index in [1.807, 2.05) is 25.1 Å². The van der Waals surface area contributed by atoms with E-state index in [2.05, 4.69) is 0 Å². The number of carbonyl (C=O) groups is 1. The van der Waals surface area contributed by atoms with E-state index >= 15 is 0 Å². The van der Waals surface area contributed by atoms with Gasteiger partial charge in [0.25, 0.3) is 0 Å². The van der Waals surface area contributed by atoms with Crippen LogP contribution in [0.25, 0.3) is 6.08 Å². The van der Waals surface area contributed by atoms with Crippen LogP contribution in [0.5, 0.6) is 0 Å². The molecular formula is C14H18O3. The molecule has 1 saturated carbocycles. The van der Waals surface area contributed by atoms with E-state index < -0.39 is 11.4 Å². The Kier molecular flexibility index (Phi) is 3.36. The minimum atomic E-state index is -0.697. The molecule has 17 heavy (non-hydrogen) atoms. The lowest BCUT2D eigenvalue weighted by molar-refractivity contribution is -0.148. The van der Waals surface area contributed by atoms with E-state index in [4.69, 9.17) is 4.42 Å². The zero-order valence-corrected chi connectivity index (χ0v) is 10.1. The van der Waals surface area contributed by atoms with Crippen molar-refractivity contribution in [3.8, 4) is 0 Å². The fourth-order valence-corrected chi connectivity index (χ4v) is 2.66. The molecule has 0 atom stereocenters. The number of furan rings is 1. The highest BCUT2D eigenvalue weighted by molar-refractivity contribution is 5.80. The Hall–Kier alpha value is -1.51. The van der Waals surface area contributed by atoms with Crippen LogP contribution in [0.1, 0.15) is 44.8 Å². The molecule has 0 radical (unpaired) electrons. The molecule has 1 aliphatic carbocycles. The molecule has 2 rings (SSSR count). The van der Waals surface area contributed by atoms with Gasteiger partial charge in [-0.05, 0) is 38.0 Å². The second-order valence-electron chi connectivity index (χ2n) is 4.79. The van der Waals surface area contributed by atoms with Crippen LogP contribution in [0.4, 0.5) is 0 Å². The predicted molar refractivity (Wildman–Crippen MR) is 65.5 cm³/mol. The number of carboxylic acid groups (broad SMARTS) is 1. The highest BCUT2D eigenvalue weighted by atomic mass is 16.4. The smallest absolute Gasteiger partial charge is 0.313 e. The molecular weight excluding hydrogens is 216 g/mol. The highest BCUT2D eigenvalue weighted by Crippen LogP contribution is 2.43. The van der Waals surface area contributed by atoms with E-state index in [-0.39, 0.29) is 0 Å². The van der Waals surface area contributed by atoms with Crippen molar-refractivity contribution in [2.45, 2.75) is 39.0 Å². The topological polar surface area (TPSA) is 50.4 Å². The monoisotopic (exact) mass is 234 g/mol. The first-order valence-electron chi connectivity index (χ1n) is 6.11. The van der Waals surface area contributed by atoms with E-state index in [9.17, 15) is 9.90 Å². The van der Waals surface area contributed by atoms with Gasteiger partial charge in [-0.2, -0.15) is 0 Å². The van der Waals surface area contributed by atoms with Gasteiger partial charge in [-0.25, -0.2) is 0 Å². The molecule has 0 bridgehead atoms. The second-order valence-corrected chi connectivity index (χ2v) is 4.79. The fraction of sp³-hybridized carbons (Fsp3) is 0.500. The summed E-state index contributed by atoms with van der Waals surface area (Å²) < 4.78 is 5.25. The Bertz CT molecular complexity index is 409. The maximum Gasteiger partial charge on any atom is 0.313 e. The van der Waals surface area contributed by atoms with E-state index in [0.717, 1.165) is 43.4 Å². The summed E-state index contributed by atoms with van der Waals surface area (Å²) in [6, 6.07) is 3.66. The van der Waals surface area contributed by atoms with E-state index in [1.165, 1.54) is 0 Å². The van der Waals surface area contributed by atoms with Crippen LogP contribution < -0.4 is 0 Å². The Morgan fingerprint density at radius 1 is 1.41 bits per heavy atom. The van der Waals surface area contributed by atoms with Crippen LogP contribution in [-0.2, 0) is 4.79 Å². The third kappa shape index (κ3) is 2.28. The van der Waals surface area contributed by atoms with E-state index in [0.29, 0.717) is 0 Å². The van der Waals surface area contributed by atoms with Gasteiger partial charge in [0.15, 0.2) is 0 Å². The molecule has 0 saturated heterocycles. The summed E-state index contributed by atoms with van der Waals surface area (Å²) in [5.41, 5.74) is 0.227. The standard InChI is InChI=1S/C14H18O3/c1-11(10-12-6-5-9-17-12)14(13(15)16)7-3-2-4-8-14/h5-6,9-10H,2-4,7-8H2,1H3,(H,15,16)/b11-10+. The third-order valence-electron chi connectivity index (χ3n) is 3.77. The number of aliphatic carboxylic acids is 1. The third-order valence-corrected chi connectivity index (χ3v) is 3.77. The fourth-order valence-electron chi connectivity index (χ4n) is 2.66. The summed E-state index contributed by atoms with van der Waals surface area (Å²) >= 11 is 0. The van der Waals surface area contributed by atoms with Gasteiger partial charge in [0, 0.05) is 0 Å². The Morgan fingerprint density at radius 2 is 2.12 bits per heavy atom. The van der Waals surface area contributed by atoms with Crippen molar-refractivity contribution in [2.75, 3.05) is 0 Å². The van der Waals surface area contributed by atoms with Crippen LogP contribution >= 0.6 is 0 Å². The van der Waals surface area contributed by atoms with Crippen molar-refractivity contribution in [1.82, 2.24) is 0 Å². The molecule has 3 heteroatoms. The Balaban J connectivity index is 2.30. The maximum absolute atomic E-state index is 11.6. The normalized spacial score (nSPS) is 20.2. The maximum atomic E-state index is 11.6. The van der Waals surface area contributed by atoms with Crippen molar-refractivity contribution in [3.63, 3.8) is 0 Å². The second kappa shape index (κ2) is 4.78. The van der Waals surface area contributed by atoms with Gasteiger partial charge in [0.1, 0.15) is 5.76 Å². The van der Waals surface area contributed by atoms with Crippen molar-refractivity contribution in [1.29, 1.82) is 0 Å². The summed E-state index contributed by atoms with van der Waals surface area (Å²) in [6.45, 7) is 1.90. The Morgan fingerprint density at radius 3 is 2.65 bits per heavy atom. The summed E-state index contributed by atoms with van der Waals surface area (Å²) in [5.74, 6) is 0.0335. The van der Waals surface area contributed by atoms with Gasteiger partial charge in [-0.3, -0.25) is 4.79 Å². The molecule has 1 aromatic rings. The summed E-state index contributed by atoms with van der Waals surface area (Å²) in [4.78, 5) is 11.6.